The van der Waals surface area contributed by atoms with Gasteiger partial charge in [-0.25, -0.2) is 0 Å². The van der Waals surface area contributed by atoms with Crippen LogP contribution in [0.15, 0.2) is 23.1 Å². The number of hydrogen-bond donors (Lipinski definition) is 1. The smallest absolute Gasteiger partial charge is 0.0662 e. The molecular formula is C10H14ClNO2S. The number of hydrogen-bond acceptors (Lipinski definition) is 3. The second-order valence-electron chi connectivity index (χ2n) is 3.24. The summed E-state index contributed by atoms with van der Waals surface area (Å²) >= 11 is 5.75. The number of rotatable bonds is 4. The molecule has 0 aromatic heterocycles. The van der Waals surface area contributed by atoms with E-state index in [2.05, 4.69) is 0 Å². The second kappa shape index (κ2) is 5.49. The van der Waals surface area contributed by atoms with E-state index in [1.165, 1.54) is 0 Å². The fraction of sp³-hybridized carbons (Fsp3) is 0.400. The number of ether oxygens (including phenoxy) is 1. The maximum atomic E-state index is 11.9. The average molecular weight is 248 g/mol. The van der Waals surface area contributed by atoms with Crippen molar-refractivity contribution < 1.29 is 8.95 Å². The van der Waals surface area contributed by atoms with Gasteiger partial charge in [-0.1, -0.05) is 11.6 Å². The zero-order valence-corrected chi connectivity index (χ0v) is 10.3. The molecule has 0 aliphatic heterocycles. The van der Waals surface area contributed by atoms with Crippen LogP contribution >= 0.6 is 11.6 Å². The zero-order chi connectivity index (χ0) is 11.4. The van der Waals surface area contributed by atoms with E-state index in [4.69, 9.17) is 22.1 Å². The van der Waals surface area contributed by atoms with Gasteiger partial charge >= 0.3 is 0 Å². The highest BCUT2D eigenvalue weighted by Gasteiger charge is 2.11. The van der Waals surface area contributed by atoms with Gasteiger partial charge < -0.3 is 10.5 Å². The van der Waals surface area contributed by atoms with E-state index in [1.54, 1.807) is 25.3 Å². The van der Waals surface area contributed by atoms with Gasteiger partial charge in [0, 0.05) is 17.8 Å². The van der Waals surface area contributed by atoms with Crippen molar-refractivity contribution in [2.45, 2.75) is 17.9 Å². The third kappa shape index (κ3) is 3.48. The first-order chi connectivity index (χ1) is 7.04. The van der Waals surface area contributed by atoms with Gasteiger partial charge in [0.25, 0.3) is 0 Å². The van der Waals surface area contributed by atoms with Gasteiger partial charge in [-0.15, -0.1) is 0 Å². The molecule has 1 rings (SSSR count). The van der Waals surface area contributed by atoms with Gasteiger partial charge in [0.15, 0.2) is 0 Å². The van der Waals surface area contributed by atoms with E-state index < -0.39 is 10.8 Å². The predicted molar refractivity (Wildman–Crippen MR) is 63.6 cm³/mol. The van der Waals surface area contributed by atoms with Gasteiger partial charge in [-0.05, 0) is 25.1 Å². The molecule has 2 N–H and O–H groups in total. The van der Waals surface area contributed by atoms with Crippen molar-refractivity contribution in [2.24, 2.45) is 0 Å². The van der Waals surface area contributed by atoms with E-state index in [9.17, 15) is 4.21 Å². The van der Waals surface area contributed by atoms with Crippen molar-refractivity contribution in [1.82, 2.24) is 0 Å². The summed E-state index contributed by atoms with van der Waals surface area (Å²) in [7, 11) is 0.448. The number of benzene rings is 1. The van der Waals surface area contributed by atoms with Crippen LogP contribution in [0.4, 0.5) is 5.69 Å². The van der Waals surface area contributed by atoms with Crippen LogP contribution in [0.2, 0.25) is 5.02 Å². The van der Waals surface area contributed by atoms with Crippen LogP contribution in [0.5, 0.6) is 0 Å². The van der Waals surface area contributed by atoms with Gasteiger partial charge in [-0.3, -0.25) is 4.21 Å². The van der Waals surface area contributed by atoms with E-state index in [0.717, 1.165) is 0 Å². The quantitative estimate of drug-likeness (QED) is 0.829. The Morgan fingerprint density at radius 3 is 2.80 bits per heavy atom. The summed E-state index contributed by atoms with van der Waals surface area (Å²) in [5.41, 5.74) is 6.18. The number of nitrogen functional groups attached to an aromatic ring is 1. The average Bonchev–Trinajstić information content (AvgIpc) is 2.17. The Bertz CT molecular complexity index is 370. The Kier molecular flexibility index (Phi) is 4.57. The van der Waals surface area contributed by atoms with Gasteiger partial charge in [0.05, 0.1) is 27.6 Å². The second-order valence-corrected chi connectivity index (χ2v) is 5.14. The zero-order valence-electron chi connectivity index (χ0n) is 8.70. The van der Waals surface area contributed by atoms with Crippen LogP contribution < -0.4 is 5.73 Å². The first-order valence-corrected chi connectivity index (χ1v) is 6.20. The minimum atomic E-state index is -1.14. The van der Waals surface area contributed by atoms with Crippen molar-refractivity contribution in [3.8, 4) is 0 Å². The molecule has 1 aromatic rings. The van der Waals surface area contributed by atoms with E-state index in [1.807, 2.05) is 6.92 Å². The minimum Gasteiger partial charge on any atom is -0.398 e. The summed E-state index contributed by atoms with van der Waals surface area (Å²) in [5.74, 6) is 0.433. The molecule has 0 heterocycles. The fourth-order valence-electron chi connectivity index (χ4n) is 1.10. The molecule has 0 saturated heterocycles. The van der Waals surface area contributed by atoms with E-state index in [-0.39, 0.29) is 6.10 Å². The third-order valence-corrected chi connectivity index (χ3v) is 3.88. The van der Waals surface area contributed by atoms with Crippen LogP contribution in [0.3, 0.4) is 0 Å². The number of halogens is 1. The third-order valence-electron chi connectivity index (χ3n) is 2.01. The summed E-state index contributed by atoms with van der Waals surface area (Å²) in [6, 6.07) is 4.98. The number of methoxy groups -OCH3 is 1. The molecule has 0 amide bonds. The lowest BCUT2D eigenvalue weighted by atomic mass is 10.3. The van der Waals surface area contributed by atoms with E-state index >= 15 is 0 Å². The monoisotopic (exact) mass is 247 g/mol. The molecule has 0 aliphatic rings. The highest BCUT2D eigenvalue weighted by molar-refractivity contribution is 7.85. The molecule has 5 heteroatoms. The van der Waals surface area contributed by atoms with Gasteiger partial charge in [0.1, 0.15) is 0 Å². The highest BCUT2D eigenvalue weighted by Crippen LogP contribution is 2.21. The van der Waals surface area contributed by atoms with Crippen molar-refractivity contribution in [1.29, 1.82) is 0 Å². The Hall–Kier alpha value is -0.580. The minimum absolute atomic E-state index is 0.0547. The SMILES string of the molecule is COC(C)CS(=O)c1ccc(Cl)cc1N. The highest BCUT2D eigenvalue weighted by atomic mass is 35.5. The van der Waals surface area contributed by atoms with Crippen molar-refractivity contribution in [2.75, 3.05) is 18.6 Å². The summed E-state index contributed by atoms with van der Waals surface area (Å²) in [5, 5.41) is 0.549. The van der Waals surface area contributed by atoms with Crippen LogP contribution in [0.25, 0.3) is 0 Å². The first-order valence-electron chi connectivity index (χ1n) is 4.50. The lowest BCUT2D eigenvalue weighted by Gasteiger charge is -2.10. The molecule has 15 heavy (non-hydrogen) atoms. The predicted octanol–water partition coefficient (Wildman–Crippen LogP) is 2.06. The first kappa shape index (κ1) is 12.5. The van der Waals surface area contributed by atoms with Crippen molar-refractivity contribution in [3.63, 3.8) is 0 Å². The van der Waals surface area contributed by atoms with Crippen LogP contribution in [0, 0.1) is 0 Å². The van der Waals surface area contributed by atoms with Gasteiger partial charge in [-0.2, -0.15) is 0 Å². The molecule has 0 saturated carbocycles. The maximum absolute atomic E-state index is 11.9. The number of anilines is 1. The Balaban J connectivity index is 2.82. The molecule has 3 nitrogen and oxygen atoms in total. The fourth-order valence-corrected chi connectivity index (χ4v) is 2.56. The summed E-state index contributed by atoms with van der Waals surface area (Å²) in [4.78, 5) is 0.614. The Morgan fingerprint density at radius 2 is 2.27 bits per heavy atom. The molecule has 0 bridgehead atoms. The molecule has 84 valence electrons. The Morgan fingerprint density at radius 1 is 1.60 bits per heavy atom. The van der Waals surface area contributed by atoms with Crippen LogP contribution in [0.1, 0.15) is 6.92 Å². The van der Waals surface area contributed by atoms with Crippen molar-refractivity contribution in [3.05, 3.63) is 23.2 Å². The Labute approximate surface area is 97.0 Å². The molecule has 0 radical (unpaired) electrons. The molecular weight excluding hydrogens is 234 g/mol. The van der Waals surface area contributed by atoms with Crippen LogP contribution in [-0.4, -0.2) is 23.2 Å². The molecule has 0 aliphatic carbocycles. The number of nitrogens with two attached hydrogens (primary N) is 1. The lowest BCUT2D eigenvalue weighted by Crippen LogP contribution is -2.16. The summed E-state index contributed by atoms with van der Waals surface area (Å²) in [6.07, 6.45) is -0.0547. The van der Waals surface area contributed by atoms with Crippen molar-refractivity contribution >= 4 is 28.1 Å². The summed E-state index contributed by atoms with van der Waals surface area (Å²) < 4.78 is 16.9. The standard InChI is InChI=1S/C10H14ClNO2S/c1-7(14-2)6-15(13)10-4-3-8(11)5-9(10)12/h3-5,7H,6,12H2,1-2H3. The van der Waals surface area contributed by atoms with Gasteiger partial charge in [0.2, 0.25) is 0 Å². The molecule has 0 spiro atoms. The topological polar surface area (TPSA) is 52.3 Å². The lowest BCUT2D eigenvalue weighted by molar-refractivity contribution is 0.137. The summed E-state index contributed by atoms with van der Waals surface area (Å²) in [6.45, 7) is 1.87. The van der Waals surface area contributed by atoms with Crippen LogP contribution in [-0.2, 0) is 15.5 Å². The molecule has 1 aromatic carbocycles. The van der Waals surface area contributed by atoms with E-state index in [0.29, 0.717) is 21.4 Å². The normalized spacial score (nSPS) is 14.9. The molecule has 2 unspecified atom stereocenters. The largest absolute Gasteiger partial charge is 0.398 e. The molecule has 2 atom stereocenters. The molecule has 0 fully saturated rings. The maximum Gasteiger partial charge on any atom is 0.0662 e.